The van der Waals surface area contributed by atoms with Crippen molar-refractivity contribution in [2.45, 2.75) is 50.2 Å². The highest BCUT2D eigenvalue weighted by Gasteiger charge is 2.27. The van der Waals surface area contributed by atoms with Crippen LogP contribution in [0.15, 0.2) is 0 Å². The van der Waals surface area contributed by atoms with Crippen LogP contribution in [-0.2, 0) is 24.0 Å². The Labute approximate surface area is 160 Å². The lowest BCUT2D eigenvalue weighted by Crippen LogP contribution is -2.55. The van der Waals surface area contributed by atoms with Gasteiger partial charge in [-0.2, -0.15) is 11.8 Å². The molecule has 0 radical (unpaired) electrons. The lowest BCUT2D eigenvalue weighted by atomic mass is 10.1. The average molecular weight is 406 g/mol. The number of primary amides is 1. The first kappa shape index (κ1) is 24.7. The van der Waals surface area contributed by atoms with Crippen LogP contribution in [0.4, 0.5) is 0 Å². The smallest absolute Gasteiger partial charge is 0.303 e. The van der Waals surface area contributed by atoms with Crippen molar-refractivity contribution >= 4 is 41.4 Å². The molecule has 0 aliphatic heterocycles. The standard InChI is InChI=1S/C15H26N4O7S/c1-27-7-6-8(16)14(25)19-10(3-5-12(22)23)15(26)18-9(13(17)24)2-4-11(20)21/h8-10H,2-7,16H2,1H3,(H2,17,24)(H,18,26)(H,19,25)(H,20,21)(H,22,23)/t8-,9-,10-/m0/s1. The number of carboxylic acids is 2. The third kappa shape index (κ3) is 11.1. The number of hydrogen-bond donors (Lipinski definition) is 6. The van der Waals surface area contributed by atoms with Gasteiger partial charge in [-0.25, -0.2) is 0 Å². The Morgan fingerprint density at radius 1 is 0.889 bits per heavy atom. The van der Waals surface area contributed by atoms with E-state index in [-0.39, 0.29) is 12.8 Å². The summed E-state index contributed by atoms with van der Waals surface area (Å²) in [5, 5.41) is 22.1. The zero-order chi connectivity index (χ0) is 21.0. The molecule has 0 saturated carbocycles. The highest BCUT2D eigenvalue weighted by atomic mass is 32.2. The molecule has 0 fully saturated rings. The van der Waals surface area contributed by atoms with Gasteiger partial charge in [0.25, 0.3) is 0 Å². The lowest BCUT2D eigenvalue weighted by Gasteiger charge is -2.22. The summed E-state index contributed by atoms with van der Waals surface area (Å²) in [6, 6.07) is -3.39. The second-order valence-electron chi connectivity index (χ2n) is 5.78. The fourth-order valence-corrected chi connectivity index (χ4v) is 2.51. The van der Waals surface area contributed by atoms with Crippen molar-refractivity contribution in [3.8, 4) is 0 Å². The van der Waals surface area contributed by atoms with Gasteiger partial charge in [-0.05, 0) is 31.3 Å². The van der Waals surface area contributed by atoms with Gasteiger partial charge < -0.3 is 32.3 Å². The molecule has 8 N–H and O–H groups in total. The molecule has 0 aliphatic carbocycles. The molecule has 0 unspecified atom stereocenters. The van der Waals surface area contributed by atoms with Gasteiger partial charge in [0.1, 0.15) is 12.1 Å². The Hall–Kier alpha value is -2.34. The lowest BCUT2D eigenvalue weighted by molar-refractivity contribution is -0.139. The number of amides is 3. The van der Waals surface area contributed by atoms with Gasteiger partial charge in [0, 0.05) is 12.8 Å². The van der Waals surface area contributed by atoms with E-state index in [4.69, 9.17) is 21.7 Å². The molecule has 27 heavy (non-hydrogen) atoms. The topological polar surface area (TPSA) is 202 Å². The summed E-state index contributed by atoms with van der Waals surface area (Å²) in [5.74, 6) is -4.13. The van der Waals surface area contributed by atoms with E-state index < -0.39 is 60.6 Å². The van der Waals surface area contributed by atoms with Crippen LogP contribution >= 0.6 is 11.8 Å². The van der Waals surface area contributed by atoms with E-state index >= 15 is 0 Å². The first-order valence-electron chi connectivity index (χ1n) is 8.16. The molecule has 3 amide bonds. The number of hydrogen-bond acceptors (Lipinski definition) is 7. The second-order valence-corrected chi connectivity index (χ2v) is 6.76. The molecular formula is C15H26N4O7S. The van der Waals surface area contributed by atoms with Crippen molar-refractivity contribution in [2.24, 2.45) is 11.5 Å². The van der Waals surface area contributed by atoms with Gasteiger partial charge >= 0.3 is 11.9 Å². The normalized spacial score (nSPS) is 13.9. The molecule has 3 atom stereocenters. The van der Waals surface area contributed by atoms with Gasteiger partial charge in [0.2, 0.25) is 17.7 Å². The van der Waals surface area contributed by atoms with E-state index in [9.17, 15) is 24.0 Å². The molecule has 0 aromatic carbocycles. The Kier molecular flexibility index (Phi) is 11.8. The minimum atomic E-state index is -1.26. The molecule has 154 valence electrons. The molecule has 0 rings (SSSR count). The molecular weight excluding hydrogens is 380 g/mol. The first-order valence-corrected chi connectivity index (χ1v) is 9.56. The molecule has 0 aliphatic rings. The van der Waals surface area contributed by atoms with Gasteiger partial charge in [0.15, 0.2) is 0 Å². The number of carbonyl (C=O) groups excluding carboxylic acids is 3. The van der Waals surface area contributed by atoms with Crippen molar-refractivity contribution in [3.63, 3.8) is 0 Å². The molecule has 0 bridgehead atoms. The van der Waals surface area contributed by atoms with Crippen molar-refractivity contribution in [1.82, 2.24) is 10.6 Å². The average Bonchev–Trinajstić information content (AvgIpc) is 2.58. The summed E-state index contributed by atoms with van der Waals surface area (Å²) < 4.78 is 0. The summed E-state index contributed by atoms with van der Waals surface area (Å²) >= 11 is 1.49. The fourth-order valence-electron chi connectivity index (χ4n) is 2.02. The summed E-state index contributed by atoms with van der Waals surface area (Å²) in [4.78, 5) is 57.3. The van der Waals surface area contributed by atoms with Crippen LogP contribution in [0.25, 0.3) is 0 Å². The Bertz CT molecular complexity index is 558. The van der Waals surface area contributed by atoms with Gasteiger partial charge in [-0.15, -0.1) is 0 Å². The predicted molar refractivity (Wildman–Crippen MR) is 97.8 cm³/mol. The Morgan fingerprint density at radius 3 is 1.81 bits per heavy atom. The van der Waals surface area contributed by atoms with Crippen LogP contribution in [0.5, 0.6) is 0 Å². The quantitative estimate of drug-likeness (QED) is 0.193. The maximum absolute atomic E-state index is 12.4. The van der Waals surface area contributed by atoms with Crippen LogP contribution in [-0.4, -0.2) is 70.0 Å². The van der Waals surface area contributed by atoms with Crippen molar-refractivity contribution in [1.29, 1.82) is 0 Å². The van der Waals surface area contributed by atoms with Crippen molar-refractivity contribution < 1.29 is 34.2 Å². The van der Waals surface area contributed by atoms with Crippen molar-refractivity contribution in [2.75, 3.05) is 12.0 Å². The van der Waals surface area contributed by atoms with Gasteiger partial charge in [-0.3, -0.25) is 24.0 Å². The summed E-state index contributed by atoms with van der Waals surface area (Å²) in [6.07, 6.45) is 0.932. The van der Waals surface area contributed by atoms with Crippen LogP contribution in [0.3, 0.4) is 0 Å². The zero-order valence-electron chi connectivity index (χ0n) is 15.0. The van der Waals surface area contributed by atoms with E-state index in [1.807, 2.05) is 6.26 Å². The molecule has 0 aromatic rings. The van der Waals surface area contributed by atoms with Crippen LogP contribution in [0.1, 0.15) is 32.1 Å². The maximum atomic E-state index is 12.4. The van der Waals surface area contributed by atoms with Gasteiger partial charge in [-0.1, -0.05) is 0 Å². The number of nitrogens with two attached hydrogens (primary N) is 2. The minimum absolute atomic E-state index is 0.230. The number of thioether (sulfide) groups is 1. The van der Waals surface area contributed by atoms with Crippen LogP contribution in [0, 0.1) is 0 Å². The highest BCUT2D eigenvalue weighted by molar-refractivity contribution is 7.98. The monoisotopic (exact) mass is 406 g/mol. The second kappa shape index (κ2) is 12.9. The summed E-state index contributed by atoms with van der Waals surface area (Å²) in [6.45, 7) is 0. The number of carbonyl (C=O) groups is 5. The molecule has 12 heteroatoms. The third-order valence-electron chi connectivity index (χ3n) is 3.56. The first-order chi connectivity index (χ1) is 12.6. The number of nitrogens with one attached hydrogen (secondary N) is 2. The SMILES string of the molecule is CSCC[C@H](N)C(=O)N[C@@H](CCC(=O)O)C(=O)N[C@@H](CCC(=O)O)C(N)=O. The largest absolute Gasteiger partial charge is 0.481 e. The molecule has 0 aromatic heterocycles. The van der Waals surface area contributed by atoms with Crippen LogP contribution < -0.4 is 22.1 Å². The molecule has 11 nitrogen and oxygen atoms in total. The zero-order valence-corrected chi connectivity index (χ0v) is 15.8. The van der Waals surface area contributed by atoms with E-state index in [1.54, 1.807) is 0 Å². The predicted octanol–water partition coefficient (Wildman–Crippen LogP) is -1.75. The van der Waals surface area contributed by atoms with Crippen LogP contribution in [0.2, 0.25) is 0 Å². The number of rotatable bonds is 14. The molecule has 0 saturated heterocycles. The maximum Gasteiger partial charge on any atom is 0.303 e. The molecule has 0 spiro atoms. The third-order valence-corrected chi connectivity index (χ3v) is 4.20. The van der Waals surface area contributed by atoms with E-state index in [0.717, 1.165) is 0 Å². The summed E-state index contributed by atoms with van der Waals surface area (Å²) in [5.41, 5.74) is 10.9. The number of aliphatic carboxylic acids is 2. The van der Waals surface area contributed by atoms with E-state index in [0.29, 0.717) is 12.2 Å². The Morgan fingerprint density at radius 2 is 1.37 bits per heavy atom. The van der Waals surface area contributed by atoms with Crippen molar-refractivity contribution in [3.05, 3.63) is 0 Å². The highest BCUT2D eigenvalue weighted by Crippen LogP contribution is 2.04. The molecule has 0 heterocycles. The summed E-state index contributed by atoms with van der Waals surface area (Å²) in [7, 11) is 0. The minimum Gasteiger partial charge on any atom is -0.481 e. The van der Waals surface area contributed by atoms with E-state index in [1.165, 1.54) is 11.8 Å². The number of carboxylic acid groups (broad SMARTS) is 2. The fraction of sp³-hybridized carbons (Fsp3) is 0.667. The van der Waals surface area contributed by atoms with Gasteiger partial charge in [0.05, 0.1) is 6.04 Å². The Balaban J connectivity index is 5.04. The van der Waals surface area contributed by atoms with E-state index in [2.05, 4.69) is 10.6 Å².